The van der Waals surface area contributed by atoms with Gasteiger partial charge in [0.15, 0.2) is 0 Å². The topological polar surface area (TPSA) is 49.6 Å². The summed E-state index contributed by atoms with van der Waals surface area (Å²) < 4.78 is 0. The highest BCUT2D eigenvalue weighted by molar-refractivity contribution is 5.77. The van der Waals surface area contributed by atoms with Gasteiger partial charge in [-0.15, -0.1) is 0 Å². The van der Waals surface area contributed by atoms with Crippen molar-refractivity contribution in [2.24, 2.45) is 0 Å². The Morgan fingerprint density at radius 1 is 1.09 bits per heavy atom. The molecule has 1 aromatic rings. The number of nitrogens with zero attached hydrogens (tertiary/aromatic N) is 2. The number of aryl methyl sites for hydroxylation is 1. The molecule has 2 aliphatic heterocycles. The first-order valence-electron chi connectivity index (χ1n) is 9.09. The van der Waals surface area contributed by atoms with Crippen LogP contribution in [0.25, 0.3) is 0 Å². The Bertz CT molecular complexity index is 525. The zero-order valence-corrected chi connectivity index (χ0v) is 14.0. The van der Waals surface area contributed by atoms with Gasteiger partial charge < -0.3 is 15.5 Å². The predicted octanol–water partition coefficient (Wildman–Crippen LogP) is 2.68. The smallest absolute Gasteiger partial charge is 0.223 e. The second-order valence-corrected chi connectivity index (χ2v) is 6.94. The van der Waals surface area contributed by atoms with Crippen LogP contribution in [0.3, 0.4) is 0 Å². The number of benzene rings is 1. The fourth-order valence-electron chi connectivity index (χ4n) is 3.94. The molecule has 0 aliphatic carbocycles. The summed E-state index contributed by atoms with van der Waals surface area (Å²) in [6, 6.07) is 8.29. The van der Waals surface area contributed by atoms with Gasteiger partial charge in [-0.05, 0) is 56.8 Å². The lowest BCUT2D eigenvalue weighted by atomic mass is 10.1. The van der Waals surface area contributed by atoms with Crippen LogP contribution in [-0.2, 0) is 11.2 Å². The number of anilines is 1. The van der Waals surface area contributed by atoms with E-state index in [9.17, 15) is 4.79 Å². The molecule has 0 bridgehead atoms. The van der Waals surface area contributed by atoms with Crippen molar-refractivity contribution < 1.29 is 4.79 Å². The molecule has 4 heteroatoms. The number of piperidine rings is 1. The van der Waals surface area contributed by atoms with Gasteiger partial charge in [0.2, 0.25) is 5.91 Å². The first-order valence-corrected chi connectivity index (χ1v) is 9.09. The summed E-state index contributed by atoms with van der Waals surface area (Å²) in [5.74, 6) is 0.299. The Morgan fingerprint density at radius 2 is 1.87 bits per heavy atom. The van der Waals surface area contributed by atoms with Crippen molar-refractivity contribution in [2.75, 3.05) is 31.9 Å². The minimum atomic E-state index is 0.299. The molecule has 4 nitrogen and oxygen atoms in total. The lowest BCUT2D eigenvalue weighted by Crippen LogP contribution is -2.44. The standard InChI is InChI=1S/C19H29N3O/c20-18-9-3-2-7-16(18)10-11-19(23)22-14-6-8-17(22)15-21-12-4-1-5-13-21/h2-3,7,9,17H,1,4-6,8,10-15,20H2. The highest BCUT2D eigenvalue weighted by Crippen LogP contribution is 2.22. The molecule has 1 atom stereocenters. The first-order chi connectivity index (χ1) is 11.2. The number of hydrogen-bond acceptors (Lipinski definition) is 3. The van der Waals surface area contributed by atoms with Gasteiger partial charge in [0.25, 0.3) is 0 Å². The SMILES string of the molecule is Nc1ccccc1CCC(=O)N1CCCC1CN1CCCCC1. The van der Waals surface area contributed by atoms with Gasteiger partial charge >= 0.3 is 0 Å². The van der Waals surface area contributed by atoms with E-state index in [1.54, 1.807) is 0 Å². The van der Waals surface area contributed by atoms with Crippen molar-refractivity contribution in [1.29, 1.82) is 0 Å². The average Bonchev–Trinajstić information content (AvgIpc) is 3.03. The Kier molecular flexibility index (Phi) is 5.55. The van der Waals surface area contributed by atoms with Crippen LogP contribution in [0.5, 0.6) is 0 Å². The van der Waals surface area contributed by atoms with Crippen LogP contribution in [0.4, 0.5) is 5.69 Å². The van der Waals surface area contributed by atoms with Crippen molar-refractivity contribution in [3.05, 3.63) is 29.8 Å². The van der Waals surface area contributed by atoms with Crippen LogP contribution < -0.4 is 5.73 Å². The van der Waals surface area contributed by atoms with Crippen LogP contribution in [0.15, 0.2) is 24.3 Å². The summed E-state index contributed by atoms with van der Waals surface area (Å²) in [5.41, 5.74) is 7.87. The van der Waals surface area contributed by atoms with Crippen LogP contribution >= 0.6 is 0 Å². The van der Waals surface area contributed by atoms with E-state index in [-0.39, 0.29) is 0 Å². The molecule has 3 rings (SSSR count). The highest BCUT2D eigenvalue weighted by atomic mass is 16.2. The van der Waals surface area contributed by atoms with E-state index in [1.165, 1.54) is 32.4 Å². The van der Waals surface area contributed by atoms with Crippen molar-refractivity contribution in [3.8, 4) is 0 Å². The summed E-state index contributed by atoms with van der Waals surface area (Å²) in [5, 5.41) is 0. The second kappa shape index (κ2) is 7.82. The minimum absolute atomic E-state index is 0.299. The molecule has 2 aliphatic rings. The molecular formula is C19H29N3O. The van der Waals surface area contributed by atoms with E-state index in [0.717, 1.165) is 43.6 Å². The molecule has 1 unspecified atom stereocenters. The minimum Gasteiger partial charge on any atom is -0.399 e. The zero-order valence-electron chi connectivity index (χ0n) is 14.0. The number of hydrogen-bond donors (Lipinski definition) is 1. The highest BCUT2D eigenvalue weighted by Gasteiger charge is 2.30. The molecule has 2 saturated heterocycles. The van der Waals surface area contributed by atoms with E-state index >= 15 is 0 Å². The molecular weight excluding hydrogens is 286 g/mol. The van der Waals surface area contributed by atoms with Crippen LogP contribution in [-0.4, -0.2) is 47.9 Å². The van der Waals surface area contributed by atoms with E-state index < -0.39 is 0 Å². The molecule has 2 heterocycles. The molecule has 2 N–H and O–H groups in total. The van der Waals surface area contributed by atoms with E-state index in [2.05, 4.69) is 9.80 Å². The lowest BCUT2D eigenvalue weighted by Gasteiger charge is -2.33. The van der Waals surface area contributed by atoms with E-state index in [4.69, 9.17) is 5.73 Å². The number of rotatable bonds is 5. The second-order valence-electron chi connectivity index (χ2n) is 6.94. The Morgan fingerprint density at radius 3 is 2.65 bits per heavy atom. The monoisotopic (exact) mass is 315 g/mol. The number of para-hydroxylation sites is 1. The van der Waals surface area contributed by atoms with Crippen molar-refractivity contribution >= 4 is 11.6 Å². The zero-order chi connectivity index (χ0) is 16.1. The maximum Gasteiger partial charge on any atom is 0.223 e. The average molecular weight is 315 g/mol. The van der Waals surface area contributed by atoms with Crippen LogP contribution in [0.1, 0.15) is 44.1 Å². The predicted molar refractivity (Wildman–Crippen MR) is 94.2 cm³/mol. The number of nitrogen functional groups attached to an aromatic ring is 1. The Labute approximate surface area is 139 Å². The fraction of sp³-hybridized carbons (Fsp3) is 0.632. The van der Waals surface area contributed by atoms with Gasteiger partial charge in [-0.2, -0.15) is 0 Å². The Balaban J connectivity index is 1.52. The number of amides is 1. The van der Waals surface area contributed by atoms with E-state index in [0.29, 0.717) is 18.4 Å². The number of likely N-dealkylation sites (tertiary alicyclic amines) is 2. The Hall–Kier alpha value is -1.55. The molecule has 0 spiro atoms. The van der Waals surface area contributed by atoms with Crippen molar-refractivity contribution in [2.45, 2.75) is 51.0 Å². The molecule has 0 radical (unpaired) electrons. The summed E-state index contributed by atoms with van der Waals surface area (Å²) >= 11 is 0. The normalized spacial score (nSPS) is 22.4. The van der Waals surface area contributed by atoms with Crippen LogP contribution in [0.2, 0.25) is 0 Å². The molecule has 1 amide bonds. The summed E-state index contributed by atoms with van der Waals surface area (Å²) in [4.78, 5) is 17.3. The maximum absolute atomic E-state index is 12.6. The largest absolute Gasteiger partial charge is 0.399 e. The van der Waals surface area contributed by atoms with Crippen molar-refractivity contribution in [1.82, 2.24) is 9.80 Å². The summed E-state index contributed by atoms with van der Waals surface area (Å²) in [6.07, 6.45) is 7.63. The summed E-state index contributed by atoms with van der Waals surface area (Å²) in [7, 11) is 0. The van der Waals surface area contributed by atoms with Gasteiger partial charge in [0.1, 0.15) is 0 Å². The quantitative estimate of drug-likeness (QED) is 0.850. The van der Waals surface area contributed by atoms with Crippen LogP contribution in [0, 0.1) is 0 Å². The molecule has 0 saturated carbocycles. The fourth-order valence-corrected chi connectivity index (χ4v) is 3.94. The lowest BCUT2D eigenvalue weighted by molar-refractivity contribution is -0.132. The number of nitrogens with two attached hydrogens (primary N) is 1. The molecule has 0 aromatic heterocycles. The number of carbonyl (C=O) groups excluding carboxylic acids is 1. The van der Waals surface area contributed by atoms with Gasteiger partial charge in [-0.1, -0.05) is 24.6 Å². The molecule has 2 fully saturated rings. The third-order valence-corrected chi connectivity index (χ3v) is 5.28. The van der Waals surface area contributed by atoms with Gasteiger partial charge in [0.05, 0.1) is 0 Å². The van der Waals surface area contributed by atoms with Gasteiger partial charge in [-0.3, -0.25) is 4.79 Å². The van der Waals surface area contributed by atoms with Gasteiger partial charge in [-0.25, -0.2) is 0 Å². The molecule has 1 aromatic carbocycles. The summed E-state index contributed by atoms with van der Waals surface area (Å²) in [6.45, 7) is 4.42. The maximum atomic E-state index is 12.6. The number of carbonyl (C=O) groups is 1. The van der Waals surface area contributed by atoms with Crippen molar-refractivity contribution in [3.63, 3.8) is 0 Å². The van der Waals surface area contributed by atoms with Gasteiger partial charge in [0, 0.05) is 31.2 Å². The van der Waals surface area contributed by atoms with E-state index in [1.807, 2.05) is 24.3 Å². The first kappa shape index (κ1) is 16.3. The molecule has 23 heavy (non-hydrogen) atoms. The molecule has 126 valence electrons. The third kappa shape index (κ3) is 4.25. The third-order valence-electron chi connectivity index (χ3n) is 5.28.